The zero-order chi connectivity index (χ0) is 24.4. The van der Waals surface area contributed by atoms with Gasteiger partial charge in [-0.25, -0.2) is 0 Å². The van der Waals surface area contributed by atoms with Gasteiger partial charge in [0.05, 0.1) is 10.6 Å². The number of alkyl halides is 6. The Labute approximate surface area is 186 Å². The molecule has 0 fully saturated rings. The summed E-state index contributed by atoms with van der Waals surface area (Å²) in [4.78, 5) is 12.7. The molecule has 0 aliphatic rings. The van der Waals surface area contributed by atoms with E-state index in [1.165, 1.54) is 12.1 Å². The van der Waals surface area contributed by atoms with Gasteiger partial charge in [-0.15, -0.1) is 13.2 Å². The van der Waals surface area contributed by atoms with Crippen LogP contribution < -0.4 is 19.5 Å². The first kappa shape index (κ1) is 24.0. The van der Waals surface area contributed by atoms with Gasteiger partial charge in [0, 0.05) is 6.07 Å². The Balaban J connectivity index is 1.97. The number of nitrogens with one attached hydrogen (secondary N) is 1. The number of rotatable bonds is 5. The minimum atomic E-state index is -4.92. The van der Waals surface area contributed by atoms with Gasteiger partial charge in [0.25, 0.3) is 5.91 Å². The quantitative estimate of drug-likeness (QED) is 0.272. The number of hydrogen-bond donors (Lipinski definition) is 1. The van der Waals surface area contributed by atoms with E-state index >= 15 is 0 Å². The van der Waals surface area contributed by atoms with Crippen LogP contribution in [0.2, 0.25) is 5.02 Å². The Hall–Kier alpha value is -3.67. The van der Waals surface area contributed by atoms with Crippen molar-refractivity contribution in [1.82, 2.24) is 0 Å². The SMILES string of the molecule is O=C(Nc1ccc[n+]([O-])c1)c1c(Oc2ccc(OC(F)(F)F)cc2)ccc(C(F)(F)F)c1Cl. The third-order valence-corrected chi connectivity index (χ3v) is 4.35. The fraction of sp³-hybridized carbons (Fsp3) is 0.100. The minimum absolute atomic E-state index is 0.0365. The summed E-state index contributed by atoms with van der Waals surface area (Å²) in [6, 6.07) is 7.94. The Morgan fingerprint density at radius 2 is 1.61 bits per heavy atom. The fourth-order valence-electron chi connectivity index (χ4n) is 2.63. The predicted octanol–water partition coefficient (Wildman–Crippen LogP) is 5.94. The average molecular weight is 493 g/mol. The zero-order valence-corrected chi connectivity index (χ0v) is 16.8. The number of ether oxygens (including phenoxy) is 2. The van der Waals surface area contributed by atoms with Crippen LogP contribution in [0.4, 0.5) is 32.0 Å². The standard InChI is InChI=1S/C20H11ClF6N2O4/c21-17-14(19(22,23)24)7-8-15(16(17)18(30)28-11-2-1-9-29(31)10-11)32-12-3-5-13(6-4-12)33-20(25,26)27/h1-10H,(H,28,30). The van der Waals surface area contributed by atoms with Crippen molar-refractivity contribution < 1.29 is 45.3 Å². The Morgan fingerprint density at radius 3 is 2.18 bits per heavy atom. The van der Waals surface area contributed by atoms with E-state index in [1.807, 2.05) is 0 Å². The van der Waals surface area contributed by atoms with Crippen molar-refractivity contribution in [3.8, 4) is 17.2 Å². The molecule has 0 saturated carbocycles. The smallest absolute Gasteiger partial charge is 0.573 e. The Morgan fingerprint density at radius 1 is 0.970 bits per heavy atom. The van der Waals surface area contributed by atoms with Gasteiger partial charge in [-0.05, 0) is 42.5 Å². The molecular weight excluding hydrogens is 482 g/mol. The molecule has 3 aromatic rings. The topological polar surface area (TPSA) is 74.5 Å². The average Bonchev–Trinajstić information content (AvgIpc) is 2.67. The van der Waals surface area contributed by atoms with Crippen LogP contribution in [0.15, 0.2) is 60.9 Å². The molecule has 0 unspecified atom stereocenters. The summed E-state index contributed by atoms with van der Waals surface area (Å²) in [6.07, 6.45) is -7.74. The Bertz CT molecular complexity index is 1170. The molecule has 0 radical (unpaired) electrons. The van der Waals surface area contributed by atoms with Gasteiger partial charge in [-0.1, -0.05) is 11.6 Å². The molecule has 0 saturated heterocycles. The van der Waals surface area contributed by atoms with E-state index in [-0.39, 0.29) is 11.4 Å². The predicted molar refractivity (Wildman–Crippen MR) is 103 cm³/mol. The Kier molecular flexibility index (Phi) is 6.58. The van der Waals surface area contributed by atoms with E-state index in [1.54, 1.807) is 0 Å². The van der Waals surface area contributed by atoms with Crippen LogP contribution in [-0.4, -0.2) is 12.3 Å². The number of pyridine rings is 1. The number of nitrogens with zero attached hydrogens (tertiary/aromatic N) is 1. The van der Waals surface area contributed by atoms with Crippen molar-refractivity contribution in [3.63, 3.8) is 0 Å². The molecule has 0 aliphatic carbocycles. The third-order valence-electron chi connectivity index (χ3n) is 3.95. The number of aromatic nitrogens is 1. The van der Waals surface area contributed by atoms with E-state index in [0.717, 1.165) is 42.7 Å². The normalized spacial score (nSPS) is 11.7. The highest BCUT2D eigenvalue weighted by molar-refractivity contribution is 6.35. The maximum absolute atomic E-state index is 13.3. The summed E-state index contributed by atoms with van der Waals surface area (Å²) in [5, 5.41) is 12.6. The number of benzene rings is 2. The van der Waals surface area contributed by atoms with Gasteiger partial charge in [0.1, 0.15) is 28.5 Å². The molecule has 2 aromatic carbocycles. The van der Waals surface area contributed by atoms with Crippen molar-refractivity contribution in [2.75, 3.05) is 5.32 Å². The molecule has 0 bridgehead atoms. The van der Waals surface area contributed by atoms with E-state index in [4.69, 9.17) is 16.3 Å². The summed E-state index contributed by atoms with van der Waals surface area (Å²) in [5.41, 5.74) is -2.06. The summed E-state index contributed by atoms with van der Waals surface area (Å²) < 4.78 is 86.3. The van der Waals surface area contributed by atoms with Gasteiger partial charge in [0.15, 0.2) is 6.20 Å². The van der Waals surface area contributed by atoms with E-state index < -0.39 is 46.1 Å². The number of anilines is 1. The number of carbonyl (C=O) groups excluding carboxylic acids is 1. The lowest BCUT2D eigenvalue weighted by Crippen LogP contribution is -2.26. The zero-order valence-electron chi connectivity index (χ0n) is 16.0. The summed E-state index contributed by atoms with van der Waals surface area (Å²) in [7, 11) is 0. The van der Waals surface area contributed by atoms with Crippen LogP contribution in [0.5, 0.6) is 17.2 Å². The molecule has 33 heavy (non-hydrogen) atoms. The first-order valence-corrected chi connectivity index (χ1v) is 9.15. The lowest BCUT2D eigenvalue weighted by atomic mass is 10.1. The molecule has 1 amide bonds. The van der Waals surface area contributed by atoms with Crippen LogP contribution >= 0.6 is 11.6 Å². The summed E-state index contributed by atoms with van der Waals surface area (Å²) >= 11 is 5.88. The summed E-state index contributed by atoms with van der Waals surface area (Å²) in [6.45, 7) is 0. The van der Waals surface area contributed by atoms with Crippen molar-refractivity contribution in [3.05, 3.63) is 82.3 Å². The van der Waals surface area contributed by atoms with Gasteiger partial charge < -0.3 is 20.0 Å². The molecule has 1 N–H and O–H groups in total. The lowest BCUT2D eigenvalue weighted by Gasteiger charge is -2.17. The number of carbonyl (C=O) groups is 1. The van der Waals surface area contributed by atoms with Gasteiger partial charge >= 0.3 is 12.5 Å². The van der Waals surface area contributed by atoms with Crippen molar-refractivity contribution in [2.24, 2.45) is 0 Å². The van der Waals surface area contributed by atoms with E-state index in [2.05, 4.69) is 10.1 Å². The molecule has 3 rings (SSSR count). The highest BCUT2D eigenvalue weighted by Crippen LogP contribution is 2.41. The highest BCUT2D eigenvalue weighted by Gasteiger charge is 2.36. The molecule has 174 valence electrons. The lowest BCUT2D eigenvalue weighted by molar-refractivity contribution is -0.604. The number of amides is 1. The molecule has 1 heterocycles. The van der Waals surface area contributed by atoms with E-state index in [0.29, 0.717) is 10.8 Å². The van der Waals surface area contributed by atoms with Gasteiger partial charge in [-0.3, -0.25) is 4.79 Å². The van der Waals surface area contributed by atoms with E-state index in [9.17, 15) is 36.3 Å². The second kappa shape index (κ2) is 9.06. The van der Waals surface area contributed by atoms with Crippen molar-refractivity contribution >= 4 is 23.2 Å². The first-order valence-electron chi connectivity index (χ1n) is 8.77. The van der Waals surface area contributed by atoms with Crippen molar-refractivity contribution in [1.29, 1.82) is 0 Å². The van der Waals surface area contributed by atoms with Crippen molar-refractivity contribution in [2.45, 2.75) is 12.5 Å². The van der Waals surface area contributed by atoms with Gasteiger partial charge in [0.2, 0.25) is 6.20 Å². The minimum Gasteiger partial charge on any atom is -0.619 e. The second-order valence-corrected chi connectivity index (χ2v) is 6.70. The highest BCUT2D eigenvalue weighted by atomic mass is 35.5. The van der Waals surface area contributed by atoms with Gasteiger partial charge in [-0.2, -0.15) is 17.9 Å². The van der Waals surface area contributed by atoms with Crippen LogP contribution in [-0.2, 0) is 6.18 Å². The van der Waals surface area contributed by atoms with Crippen LogP contribution in [0.3, 0.4) is 0 Å². The third kappa shape index (κ3) is 6.19. The molecular formula is C20H11ClF6N2O4. The molecule has 6 nitrogen and oxygen atoms in total. The van der Waals surface area contributed by atoms with Crippen LogP contribution in [0, 0.1) is 5.21 Å². The number of hydrogen-bond acceptors (Lipinski definition) is 4. The molecule has 0 aliphatic heterocycles. The number of halogens is 7. The maximum atomic E-state index is 13.3. The second-order valence-electron chi connectivity index (χ2n) is 6.33. The summed E-state index contributed by atoms with van der Waals surface area (Å²) in [5.74, 6) is -2.22. The molecule has 13 heteroatoms. The van der Waals surface area contributed by atoms with Crippen LogP contribution in [0.25, 0.3) is 0 Å². The molecule has 1 aromatic heterocycles. The molecule has 0 atom stereocenters. The maximum Gasteiger partial charge on any atom is 0.573 e. The fourth-order valence-corrected chi connectivity index (χ4v) is 2.98. The first-order chi connectivity index (χ1) is 15.3. The monoisotopic (exact) mass is 492 g/mol. The van der Waals surface area contributed by atoms with Crippen LogP contribution in [0.1, 0.15) is 15.9 Å². The molecule has 0 spiro atoms. The largest absolute Gasteiger partial charge is 0.619 e.